The van der Waals surface area contributed by atoms with Gasteiger partial charge in [0, 0.05) is 7.05 Å². The van der Waals surface area contributed by atoms with Crippen LogP contribution in [-0.2, 0) is 6.18 Å². The molecule has 0 bridgehead atoms. The van der Waals surface area contributed by atoms with Gasteiger partial charge in [0.1, 0.15) is 4.88 Å². The number of carbonyl (C=O) groups excluding carboxylic acids is 1. The average Bonchev–Trinajstić information content (AvgIpc) is 2.81. The van der Waals surface area contributed by atoms with E-state index in [1.54, 1.807) is 6.92 Å². The van der Waals surface area contributed by atoms with Crippen molar-refractivity contribution >= 4 is 22.5 Å². The Morgan fingerprint density at radius 1 is 1.50 bits per heavy atom. The average molecular weight is 281 g/mol. The molecule has 2 heterocycles. The van der Waals surface area contributed by atoms with Crippen LogP contribution in [0, 0.1) is 0 Å². The Hall–Kier alpha value is -1.35. The van der Waals surface area contributed by atoms with E-state index in [2.05, 4.69) is 4.98 Å². The number of aromatic nitrogens is 1. The molecule has 0 aromatic carbocycles. The summed E-state index contributed by atoms with van der Waals surface area (Å²) in [4.78, 5) is 16.5. The van der Waals surface area contributed by atoms with Gasteiger partial charge in [0.25, 0.3) is 0 Å². The number of carbonyl (C=O) groups is 1. The van der Waals surface area contributed by atoms with E-state index in [1.165, 1.54) is 11.9 Å². The fourth-order valence-electron chi connectivity index (χ4n) is 1.58. The number of alkyl halides is 3. The molecule has 1 aliphatic rings. The summed E-state index contributed by atoms with van der Waals surface area (Å²) in [5, 5.41) is 9.66. The van der Waals surface area contributed by atoms with Gasteiger partial charge in [-0.1, -0.05) is 11.3 Å². The van der Waals surface area contributed by atoms with E-state index >= 15 is 0 Å². The Bertz CT molecular complexity index is 476. The lowest BCUT2D eigenvalue weighted by atomic mass is 10.3. The number of thiazole rings is 1. The zero-order chi connectivity index (χ0) is 13.7. The topological polar surface area (TPSA) is 56.7 Å². The zero-order valence-electron chi connectivity index (χ0n) is 9.47. The Labute approximate surface area is 104 Å². The van der Waals surface area contributed by atoms with Crippen LogP contribution in [0.2, 0.25) is 0 Å². The van der Waals surface area contributed by atoms with Gasteiger partial charge in [0.05, 0.1) is 12.2 Å². The summed E-state index contributed by atoms with van der Waals surface area (Å²) in [5.74, 6) is 0. The lowest BCUT2D eigenvalue weighted by molar-refractivity contribution is -0.134. The number of aliphatic hydroxyl groups is 1. The maximum absolute atomic E-state index is 12.4. The van der Waals surface area contributed by atoms with Gasteiger partial charge in [-0.3, -0.25) is 0 Å². The zero-order valence-corrected chi connectivity index (χ0v) is 10.3. The standard InChI is InChI=1S/C9H10F3N3O2S/c1-4-6(16)15(8(17)14(4)2)7-13-3-5(18-7)9(10,11)12/h3-4,6,16H,1-2H3. The number of urea groups is 1. The number of rotatable bonds is 1. The molecule has 1 fully saturated rings. The molecule has 1 aromatic heterocycles. The van der Waals surface area contributed by atoms with Crippen LogP contribution in [0.4, 0.5) is 23.1 Å². The first-order valence-electron chi connectivity index (χ1n) is 5.00. The number of anilines is 1. The molecular weight excluding hydrogens is 271 g/mol. The molecule has 0 radical (unpaired) electrons. The molecule has 1 saturated heterocycles. The lowest BCUT2D eigenvalue weighted by Crippen LogP contribution is -2.35. The van der Waals surface area contributed by atoms with Crippen molar-refractivity contribution in [1.82, 2.24) is 9.88 Å². The number of aliphatic hydroxyl groups excluding tert-OH is 1. The minimum Gasteiger partial charge on any atom is -0.371 e. The summed E-state index contributed by atoms with van der Waals surface area (Å²) in [6, 6.07) is -1.08. The fraction of sp³-hybridized carbons (Fsp3) is 0.556. The Morgan fingerprint density at radius 2 is 2.11 bits per heavy atom. The van der Waals surface area contributed by atoms with Crippen LogP contribution < -0.4 is 4.90 Å². The number of halogens is 3. The molecule has 2 rings (SSSR count). The van der Waals surface area contributed by atoms with Crippen LogP contribution in [0.3, 0.4) is 0 Å². The van der Waals surface area contributed by atoms with Crippen molar-refractivity contribution in [3.8, 4) is 0 Å². The van der Waals surface area contributed by atoms with Gasteiger partial charge < -0.3 is 10.0 Å². The molecule has 18 heavy (non-hydrogen) atoms. The molecule has 0 aliphatic carbocycles. The van der Waals surface area contributed by atoms with Crippen LogP contribution >= 0.6 is 11.3 Å². The number of hydrogen-bond acceptors (Lipinski definition) is 4. The lowest BCUT2D eigenvalue weighted by Gasteiger charge is -2.16. The third-order valence-electron chi connectivity index (χ3n) is 2.79. The Balaban J connectivity index is 2.33. The highest BCUT2D eigenvalue weighted by Crippen LogP contribution is 2.38. The van der Waals surface area contributed by atoms with Gasteiger partial charge in [-0.05, 0) is 6.92 Å². The molecule has 2 unspecified atom stereocenters. The van der Waals surface area contributed by atoms with Crippen molar-refractivity contribution in [1.29, 1.82) is 0 Å². The van der Waals surface area contributed by atoms with Crippen molar-refractivity contribution in [3.63, 3.8) is 0 Å². The molecule has 0 saturated carbocycles. The van der Waals surface area contributed by atoms with Gasteiger partial charge in [0.2, 0.25) is 0 Å². The predicted molar refractivity (Wildman–Crippen MR) is 58.2 cm³/mol. The van der Waals surface area contributed by atoms with Crippen molar-refractivity contribution in [2.45, 2.75) is 25.4 Å². The second kappa shape index (κ2) is 4.09. The van der Waals surface area contributed by atoms with E-state index in [9.17, 15) is 23.1 Å². The van der Waals surface area contributed by atoms with Crippen molar-refractivity contribution < 1.29 is 23.1 Å². The summed E-state index contributed by atoms with van der Waals surface area (Å²) < 4.78 is 37.3. The molecular formula is C9H10F3N3O2S. The van der Waals surface area contributed by atoms with E-state index < -0.39 is 29.4 Å². The molecule has 9 heteroatoms. The second-order valence-corrected chi connectivity index (χ2v) is 4.93. The summed E-state index contributed by atoms with van der Waals surface area (Å²) >= 11 is 0.331. The third-order valence-corrected chi connectivity index (χ3v) is 3.84. The van der Waals surface area contributed by atoms with Gasteiger partial charge in [-0.25, -0.2) is 14.7 Å². The first-order valence-corrected chi connectivity index (χ1v) is 5.82. The molecule has 100 valence electrons. The largest absolute Gasteiger partial charge is 0.427 e. The predicted octanol–water partition coefficient (Wildman–Crippen LogP) is 1.74. The SMILES string of the molecule is CC1C(O)N(c2ncc(C(F)(F)F)s2)C(=O)N1C. The molecule has 2 amide bonds. The number of amides is 2. The highest BCUT2D eigenvalue weighted by Gasteiger charge is 2.43. The van der Waals surface area contributed by atoms with Crippen LogP contribution in [-0.4, -0.2) is 40.3 Å². The van der Waals surface area contributed by atoms with Crippen molar-refractivity contribution in [2.75, 3.05) is 11.9 Å². The quantitative estimate of drug-likeness (QED) is 0.853. The minimum absolute atomic E-state index is 0.156. The molecule has 5 nitrogen and oxygen atoms in total. The van der Waals surface area contributed by atoms with E-state index in [-0.39, 0.29) is 5.13 Å². The molecule has 1 aromatic rings. The van der Waals surface area contributed by atoms with Crippen molar-refractivity contribution in [2.24, 2.45) is 0 Å². The normalized spacial score (nSPS) is 25.1. The summed E-state index contributed by atoms with van der Waals surface area (Å²) in [7, 11) is 1.47. The van der Waals surface area contributed by atoms with E-state index in [0.29, 0.717) is 17.5 Å². The van der Waals surface area contributed by atoms with Crippen molar-refractivity contribution in [3.05, 3.63) is 11.1 Å². The summed E-state index contributed by atoms with van der Waals surface area (Å²) in [6.07, 6.45) is -5.04. The number of likely N-dealkylation sites (N-methyl/N-ethyl adjacent to an activating group) is 1. The second-order valence-electron chi connectivity index (χ2n) is 3.92. The van der Waals surface area contributed by atoms with Gasteiger partial charge in [-0.15, -0.1) is 0 Å². The highest BCUT2D eigenvalue weighted by atomic mass is 32.1. The number of hydrogen-bond donors (Lipinski definition) is 1. The molecule has 1 aliphatic heterocycles. The Kier molecular flexibility index (Phi) is 2.98. The molecule has 0 spiro atoms. The third kappa shape index (κ3) is 1.93. The maximum atomic E-state index is 12.4. The van der Waals surface area contributed by atoms with Crippen LogP contribution in [0.25, 0.3) is 0 Å². The van der Waals surface area contributed by atoms with Crippen LogP contribution in [0.1, 0.15) is 11.8 Å². The van der Waals surface area contributed by atoms with E-state index in [1.807, 2.05) is 0 Å². The summed E-state index contributed by atoms with van der Waals surface area (Å²) in [5.41, 5.74) is 0. The first-order chi connectivity index (χ1) is 8.23. The number of nitrogens with zero attached hydrogens (tertiary/aromatic N) is 3. The van der Waals surface area contributed by atoms with E-state index in [0.717, 1.165) is 4.90 Å². The minimum atomic E-state index is -4.50. The fourth-order valence-corrected chi connectivity index (χ4v) is 2.38. The first kappa shape index (κ1) is 13.1. The van der Waals surface area contributed by atoms with E-state index in [4.69, 9.17) is 0 Å². The van der Waals surface area contributed by atoms with Crippen LogP contribution in [0.15, 0.2) is 6.20 Å². The van der Waals surface area contributed by atoms with Gasteiger partial charge in [0.15, 0.2) is 11.4 Å². The van der Waals surface area contributed by atoms with Gasteiger partial charge >= 0.3 is 12.2 Å². The summed E-state index contributed by atoms with van der Waals surface area (Å²) in [6.45, 7) is 1.60. The molecule has 2 atom stereocenters. The van der Waals surface area contributed by atoms with Crippen LogP contribution in [0.5, 0.6) is 0 Å². The highest BCUT2D eigenvalue weighted by molar-refractivity contribution is 7.15. The monoisotopic (exact) mass is 281 g/mol. The van der Waals surface area contributed by atoms with Gasteiger partial charge in [-0.2, -0.15) is 13.2 Å². The smallest absolute Gasteiger partial charge is 0.371 e. The molecule has 1 N–H and O–H groups in total. The Morgan fingerprint density at radius 3 is 2.50 bits per heavy atom. The maximum Gasteiger partial charge on any atom is 0.427 e.